The molecule has 0 aliphatic rings. The van der Waals surface area contributed by atoms with Gasteiger partial charge in [0.15, 0.2) is 12.2 Å². The van der Waals surface area contributed by atoms with Crippen molar-refractivity contribution < 1.29 is 80.2 Å². The highest BCUT2D eigenvalue weighted by Crippen LogP contribution is 2.45. The van der Waals surface area contributed by atoms with Gasteiger partial charge in [0.2, 0.25) is 0 Å². The molecule has 3 N–H and O–H groups in total. The first-order valence-corrected chi connectivity index (χ1v) is 41.3. The maximum atomic E-state index is 13.0. The first kappa shape index (κ1) is 90.1. The van der Waals surface area contributed by atoms with Crippen LogP contribution < -0.4 is 0 Å². The smallest absolute Gasteiger partial charge is 0.462 e. The Balaban J connectivity index is 5.12. The monoisotopic (exact) mass is 1350 g/mol. The molecule has 0 amide bonds. The largest absolute Gasteiger partial charge is 0.472 e. The van der Waals surface area contributed by atoms with Crippen molar-refractivity contribution >= 4 is 39.5 Å². The molecule has 0 aromatic heterocycles. The number of aliphatic hydroxyl groups is 1. The number of unbranched alkanes of at least 4 members (excludes halogenated alkanes) is 48. The second-order valence-electron chi connectivity index (χ2n) is 26.3. The zero-order valence-corrected chi connectivity index (χ0v) is 61.3. The van der Waals surface area contributed by atoms with Gasteiger partial charge < -0.3 is 33.8 Å². The molecule has 0 bridgehead atoms. The molecule has 0 aliphatic carbocycles. The molecule has 0 spiro atoms. The van der Waals surface area contributed by atoms with Gasteiger partial charge in [-0.25, -0.2) is 9.13 Å². The normalized spacial score (nSPS) is 13.9. The van der Waals surface area contributed by atoms with Crippen LogP contribution in [0.15, 0.2) is 0 Å². The van der Waals surface area contributed by atoms with Gasteiger partial charge in [0, 0.05) is 25.7 Å². The maximum absolute atomic E-state index is 13.0. The van der Waals surface area contributed by atoms with Crippen LogP contribution in [0.4, 0.5) is 0 Å². The summed E-state index contributed by atoms with van der Waals surface area (Å²) in [6.07, 6.45) is 57.1. The van der Waals surface area contributed by atoms with E-state index in [0.717, 1.165) is 103 Å². The van der Waals surface area contributed by atoms with Crippen LogP contribution >= 0.6 is 15.6 Å². The number of carbonyl (C=O) groups is 4. The van der Waals surface area contributed by atoms with Crippen LogP contribution in [0.1, 0.15) is 387 Å². The van der Waals surface area contributed by atoms with Gasteiger partial charge in [0.25, 0.3) is 0 Å². The Morgan fingerprint density at radius 1 is 0.261 bits per heavy atom. The molecule has 5 atom stereocenters. The van der Waals surface area contributed by atoms with Crippen molar-refractivity contribution in [3.05, 3.63) is 0 Å². The zero-order chi connectivity index (χ0) is 67.5. The lowest BCUT2D eigenvalue weighted by atomic mass is 10.0. The number of ether oxygens (including phenoxy) is 4. The van der Waals surface area contributed by atoms with Crippen LogP contribution in [0.3, 0.4) is 0 Å². The lowest BCUT2D eigenvalue weighted by Gasteiger charge is -2.21. The lowest BCUT2D eigenvalue weighted by molar-refractivity contribution is -0.161. The lowest BCUT2D eigenvalue weighted by Crippen LogP contribution is -2.30. The molecular weight excluding hydrogens is 1210 g/mol. The summed E-state index contributed by atoms with van der Waals surface area (Å²) in [7, 11) is -9.89. The summed E-state index contributed by atoms with van der Waals surface area (Å²) < 4.78 is 68.2. The van der Waals surface area contributed by atoms with Crippen LogP contribution in [0.25, 0.3) is 0 Å². The van der Waals surface area contributed by atoms with Gasteiger partial charge in [0.1, 0.15) is 19.3 Å². The number of carbonyl (C=O) groups excluding carboxylic acids is 4. The molecule has 0 rings (SSSR count). The highest BCUT2D eigenvalue weighted by Gasteiger charge is 2.30. The average molecular weight is 1350 g/mol. The Hall–Kier alpha value is -1.94. The predicted molar refractivity (Wildman–Crippen MR) is 372 cm³/mol. The summed E-state index contributed by atoms with van der Waals surface area (Å²) in [4.78, 5) is 72.5. The third-order valence-corrected chi connectivity index (χ3v) is 19.0. The van der Waals surface area contributed by atoms with Gasteiger partial charge >= 0.3 is 39.5 Å². The molecule has 0 aromatic carbocycles. The van der Waals surface area contributed by atoms with E-state index in [1.807, 2.05) is 0 Å². The van der Waals surface area contributed by atoms with Crippen LogP contribution in [-0.2, 0) is 65.4 Å². The van der Waals surface area contributed by atoms with Crippen molar-refractivity contribution in [2.75, 3.05) is 39.6 Å². The molecule has 2 unspecified atom stereocenters. The quantitative estimate of drug-likeness (QED) is 0.0222. The molecule has 0 heterocycles. The molecule has 0 fully saturated rings. The average Bonchev–Trinajstić information content (AvgIpc) is 3.04. The van der Waals surface area contributed by atoms with E-state index in [4.69, 9.17) is 37.0 Å². The summed E-state index contributed by atoms with van der Waals surface area (Å²) in [6, 6.07) is 0. The first-order chi connectivity index (χ1) is 44.7. The number of phosphoric acid groups is 2. The van der Waals surface area contributed by atoms with Crippen LogP contribution in [0.5, 0.6) is 0 Å². The van der Waals surface area contributed by atoms with E-state index < -0.39 is 97.5 Å². The first-order valence-electron chi connectivity index (χ1n) is 38.3. The number of phosphoric ester groups is 2. The van der Waals surface area contributed by atoms with Crippen molar-refractivity contribution in [3.63, 3.8) is 0 Å². The fourth-order valence-corrected chi connectivity index (χ4v) is 12.8. The summed E-state index contributed by atoms with van der Waals surface area (Å²) in [5.41, 5.74) is 0. The number of aliphatic hydroxyl groups excluding tert-OH is 1. The topological polar surface area (TPSA) is 237 Å². The van der Waals surface area contributed by atoms with E-state index in [1.165, 1.54) is 205 Å². The third-order valence-electron chi connectivity index (χ3n) is 17.1. The van der Waals surface area contributed by atoms with Gasteiger partial charge in [0.05, 0.1) is 26.4 Å². The fraction of sp³-hybridized carbons (Fsp3) is 0.945. The molecular formula is C73H142O17P2. The Labute approximate surface area is 562 Å². The number of esters is 4. The Kier molecular flexibility index (Phi) is 66.2. The summed E-state index contributed by atoms with van der Waals surface area (Å²) in [5, 5.41) is 10.6. The highest BCUT2D eigenvalue weighted by molar-refractivity contribution is 7.47. The number of hydrogen-bond donors (Lipinski definition) is 3. The second kappa shape index (κ2) is 67.6. The Morgan fingerprint density at radius 2 is 0.435 bits per heavy atom. The number of rotatable bonds is 74. The van der Waals surface area contributed by atoms with E-state index in [2.05, 4.69) is 27.7 Å². The summed E-state index contributed by atoms with van der Waals surface area (Å²) >= 11 is 0. The van der Waals surface area contributed by atoms with E-state index in [9.17, 15) is 43.2 Å². The van der Waals surface area contributed by atoms with Crippen molar-refractivity contribution in [3.8, 4) is 0 Å². The van der Waals surface area contributed by atoms with Gasteiger partial charge in [-0.15, -0.1) is 0 Å². The van der Waals surface area contributed by atoms with E-state index in [1.54, 1.807) is 0 Å². The highest BCUT2D eigenvalue weighted by atomic mass is 31.2. The number of hydrogen-bond acceptors (Lipinski definition) is 15. The molecule has 0 aliphatic heterocycles. The van der Waals surface area contributed by atoms with Crippen molar-refractivity contribution in [1.29, 1.82) is 0 Å². The Bertz CT molecular complexity index is 1760. The van der Waals surface area contributed by atoms with Gasteiger partial charge in [-0.1, -0.05) is 336 Å². The zero-order valence-electron chi connectivity index (χ0n) is 59.5. The fourth-order valence-electron chi connectivity index (χ4n) is 11.2. The molecule has 546 valence electrons. The minimum Gasteiger partial charge on any atom is -0.462 e. The van der Waals surface area contributed by atoms with Crippen LogP contribution in [0, 0.1) is 0 Å². The predicted octanol–water partition coefficient (Wildman–Crippen LogP) is 21.4. The standard InChI is InChI=1S/C73H142O17P2/c1-5-9-13-17-21-24-27-29-30-31-32-33-34-35-36-37-38-41-44-48-52-56-60-73(78)90-69(64-84-71(76)58-54-50-46-42-40-28-25-22-18-14-10-6-2)66-88-92(81,82)86-62-67(74)61-85-91(79,80)87-65-68(63-83-70(75)57-53-49-45-20-16-12-8-4)89-72(77)59-55-51-47-43-39-26-23-19-15-11-7-3/h67-69,74H,5-66H2,1-4H3,(H,79,80)(H,81,82)/t67-,68+,69+/m0/s1. The van der Waals surface area contributed by atoms with Crippen LogP contribution in [0.2, 0.25) is 0 Å². The molecule has 0 saturated carbocycles. The second-order valence-corrected chi connectivity index (χ2v) is 29.2. The van der Waals surface area contributed by atoms with E-state index >= 15 is 0 Å². The SMILES string of the molecule is CCCCCCCCCCCCCCCCCCCCCCCCC(=O)O[C@H](COC(=O)CCCCCCCCCCCCCC)COP(=O)(O)OC[C@@H](O)COP(=O)(O)OC[C@@H](COC(=O)CCCCCCCCC)OC(=O)CCCCCCCCCCCCC. The molecule has 0 radical (unpaired) electrons. The van der Waals surface area contributed by atoms with E-state index in [0.29, 0.717) is 25.7 Å². The molecule has 0 saturated heterocycles. The van der Waals surface area contributed by atoms with Gasteiger partial charge in [-0.2, -0.15) is 0 Å². The maximum Gasteiger partial charge on any atom is 0.472 e. The molecule has 92 heavy (non-hydrogen) atoms. The summed E-state index contributed by atoms with van der Waals surface area (Å²) in [5.74, 6) is -2.12. The minimum absolute atomic E-state index is 0.107. The molecule has 19 heteroatoms. The van der Waals surface area contributed by atoms with E-state index in [-0.39, 0.29) is 25.7 Å². The van der Waals surface area contributed by atoms with Crippen molar-refractivity contribution in [2.24, 2.45) is 0 Å². The summed E-state index contributed by atoms with van der Waals surface area (Å²) in [6.45, 7) is 4.91. The van der Waals surface area contributed by atoms with Crippen LogP contribution in [-0.4, -0.2) is 96.7 Å². The molecule has 0 aromatic rings. The van der Waals surface area contributed by atoms with Crippen molar-refractivity contribution in [1.82, 2.24) is 0 Å². The molecule has 17 nitrogen and oxygen atoms in total. The minimum atomic E-state index is -4.95. The van der Waals surface area contributed by atoms with Gasteiger partial charge in [-0.3, -0.25) is 37.3 Å². The Morgan fingerprint density at radius 3 is 0.641 bits per heavy atom. The van der Waals surface area contributed by atoms with Gasteiger partial charge in [-0.05, 0) is 25.7 Å². The third kappa shape index (κ3) is 66.7. The van der Waals surface area contributed by atoms with Crippen molar-refractivity contribution in [2.45, 2.75) is 406 Å².